The zero-order valence-electron chi connectivity index (χ0n) is 22.4. The monoisotopic (exact) mass is 588 g/mol. The van der Waals surface area contributed by atoms with Gasteiger partial charge in [-0.25, -0.2) is 0 Å². The second-order valence-corrected chi connectivity index (χ2v) is 8.74. The van der Waals surface area contributed by atoms with Crippen molar-refractivity contribution in [1.29, 1.82) is 0 Å². The summed E-state index contributed by atoms with van der Waals surface area (Å²) < 4.78 is 38.7. The molecule has 1 aliphatic heterocycles. The molecule has 2 rings (SSSR count). The number of alkyl halides is 3. The third-order valence-electron chi connectivity index (χ3n) is 3.77. The van der Waals surface area contributed by atoms with Gasteiger partial charge in [0.2, 0.25) is 0 Å². The van der Waals surface area contributed by atoms with E-state index < -0.39 is 17.9 Å². The third kappa shape index (κ3) is 31.8. The normalized spacial score (nSPS) is 11.7. The first kappa shape index (κ1) is 45.7. The van der Waals surface area contributed by atoms with Crippen molar-refractivity contribution >= 4 is 35.3 Å². The Morgan fingerprint density at radius 1 is 1.16 bits per heavy atom. The van der Waals surface area contributed by atoms with Crippen LogP contribution in [-0.2, 0) is 20.1 Å². The second kappa shape index (κ2) is 29.3. The fourth-order valence-corrected chi connectivity index (χ4v) is 3.01. The van der Waals surface area contributed by atoms with E-state index in [-0.39, 0.29) is 26.3 Å². The summed E-state index contributed by atoms with van der Waals surface area (Å²) in [6, 6.07) is 4.17. The first-order chi connectivity index (χ1) is 16.5. The van der Waals surface area contributed by atoms with Crippen LogP contribution < -0.4 is 12.3 Å². The molecule has 0 saturated carbocycles. The molecule has 0 aromatic carbocycles. The molecular weight excluding hydrogens is 541 g/mol. The molecule has 0 atom stereocenters. The summed E-state index contributed by atoms with van der Waals surface area (Å²) in [6.07, 6.45) is 9.69. The number of pyridine rings is 1. The standard InChI is InChI=1S/C8H11NS.C8H15NS.C6H7F3O2.C2H4O2.CH4.2H3N/c1-7-3-4-8(5-9-7)6-10-2;1-10-8-4-7-9-5-2-3-6-9;1-2-11-4-3-5(10)6(7,8)9;1-2(3)4;;;/h3-5H,6H2,1-2H3;4,7H,2-3,5-6,8H2,1H3;3-4H,2H2,1H3;1H3,(H,3,4);1H4;2*1H3/b;7-4+;4-3+;;;;. The van der Waals surface area contributed by atoms with E-state index in [0.717, 1.165) is 30.4 Å². The van der Waals surface area contributed by atoms with Gasteiger partial charge in [-0.1, -0.05) is 19.6 Å². The number of thioether (sulfide) groups is 2. The molecule has 0 radical (unpaired) electrons. The molecule has 224 valence electrons. The molecule has 7 N–H and O–H groups in total. The van der Waals surface area contributed by atoms with Crippen molar-refractivity contribution < 1.29 is 32.6 Å². The number of aliphatic carboxylic acids is 1. The number of allylic oxidation sites excluding steroid dienone is 1. The highest BCUT2D eigenvalue weighted by Gasteiger charge is 2.36. The molecule has 0 bridgehead atoms. The fourth-order valence-electron chi connectivity index (χ4n) is 2.23. The molecule has 1 aromatic rings. The van der Waals surface area contributed by atoms with Gasteiger partial charge in [-0.15, -0.1) is 0 Å². The molecule has 38 heavy (non-hydrogen) atoms. The number of carboxylic acids is 1. The van der Waals surface area contributed by atoms with Crippen molar-refractivity contribution in [1.82, 2.24) is 22.2 Å². The van der Waals surface area contributed by atoms with E-state index in [4.69, 9.17) is 9.90 Å². The number of halogens is 3. The van der Waals surface area contributed by atoms with Crippen LogP contribution in [0, 0.1) is 6.92 Å². The quantitative estimate of drug-likeness (QED) is 0.215. The second-order valence-electron chi connectivity index (χ2n) is 6.96. The summed E-state index contributed by atoms with van der Waals surface area (Å²) in [5.41, 5.74) is 2.39. The summed E-state index contributed by atoms with van der Waals surface area (Å²) in [5.74, 6) is -0.532. The SMILES string of the molecule is C.CC(=O)O.CCO/C=C/C(=O)C(F)(F)F.CSC/C=C/N1CCCC1.CSCc1ccc(C)nc1.N.N. The number of aryl methyl sites for hydroxylation is 1. The van der Waals surface area contributed by atoms with Crippen LogP contribution in [-0.4, -0.2) is 70.9 Å². The molecule has 1 aliphatic rings. The van der Waals surface area contributed by atoms with E-state index in [1.54, 1.807) is 6.92 Å². The number of aromatic nitrogens is 1. The van der Waals surface area contributed by atoms with Gasteiger partial charge in [0.25, 0.3) is 11.8 Å². The Bertz CT molecular complexity index is 741. The minimum absolute atomic E-state index is 0. The van der Waals surface area contributed by atoms with Crippen molar-refractivity contribution in [2.45, 2.75) is 53.0 Å². The Labute approximate surface area is 235 Å². The molecule has 2 heterocycles. The Hall–Kier alpha value is -2.22. The minimum Gasteiger partial charge on any atom is -0.501 e. The van der Waals surface area contributed by atoms with E-state index >= 15 is 0 Å². The number of carboxylic acid groups (broad SMARTS) is 1. The van der Waals surface area contributed by atoms with Crippen molar-refractivity contribution in [3.05, 3.63) is 54.2 Å². The molecule has 13 heteroatoms. The Morgan fingerprint density at radius 3 is 2.11 bits per heavy atom. The topological polar surface area (TPSA) is 150 Å². The van der Waals surface area contributed by atoms with Gasteiger partial charge in [-0.3, -0.25) is 14.6 Å². The molecule has 0 aliphatic carbocycles. The summed E-state index contributed by atoms with van der Waals surface area (Å²) in [4.78, 5) is 25.6. The van der Waals surface area contributed by atoms with Crippen LogP contribution in [0.2, 0.25) is 0 Å². The highest BCUT2D eigenvalue weighted by molar-refractivity contribution is 7.98. The van der Waals surface area contributed by atoms with Crippen LogP contribution in [0.1, 0.15) is 45.4 Å². The Balaban J connectivity index is -0.000000129. The lowest BCUT2D eigenvalue weighted by atomic mass is 10.3. The lowest BCUT2D eigenvalue weighted by molar-refractivity contribution is -0.165. The van der Waals surface area contributed by atoms with Crippen LogP contribution >= 0.6 is 23.5 Å². The van der Waals surface area contributed by atoms with Crippen molar-refractivity contribution in [2.75, 3.05) is 38.0 Å². The number of likely N-dealkylation sites (tertiary alicyclic amines) is 1. The summed E-state index contributed by atoms with van der Waals surface area (Å²) in [7, 11) is 0. The number of rotatable bonds is 8. The molecule has 1 saturated heterocycles. The van der Waals surface area contributed by atoms with Crippen molar-refractivity contribution in [3.63, 3.8) is 0 Å². The third-order valence-corrected chi connectivity index (χ3v) is 4.91. The molecule has 0 spiro atoms. The van der Waals surface area contributed by atoms with Crippen LogP contribution in [0.15, 0.2) is 42.9 Å². The predicted molar refractivity (Wildman–Crippen MR) is 156 cm³/mol. The number of hydrogen-bond acceptors (Lipinski definition) is 9. The molecule has 8 nitrogen and oxygen atoms in total. The van der Waals surface area contributed by atoms with E-state index in [9.17, 15) is 18.0 Å². The minimum atomic E-state index is -4.80. The zero-order valence-corrected chi connectivity index (χ0v) is 24.1. The fraction of sp³-hybridized carbons (Fsp3) is 0.560. The number of hydrogen-bond donors (Lipinski definition) is 3. The first-order valence-electron chi connectivity index (χ1n) is 10.9. The maximum atomic E-state index is 11.4. The van der Waals surface area contributed by atoms with Crippen LogP contribution in [0.4, 0.5) is 13.2 Å². The van der Waals surface area contributed by atoms with E-state index in [0.29, 0.717) is 6.08 Å². The zero-order chi connectivity index (χ0) is 27.1. The van der Waals surface area contributed by atoms with Gasteiger partial charge in [-0.05, 0) is 57.0 Å². The highest BCUT2D eigenvalue weighted by atomic mass is 32.2. The van der Waals surface area contributed by atoms with Gasteiger partial charge < -0.3 is 27.0 Å². The van der Waals surface area contributed by atoms with Crippen LogP contribution in [0.5, 0.6) is 0 Å². The molecular formula is C25H47F3N4O4S2. The van der Waals surface area contributed by atoms with Gasteiger partial charge in [0.05, 0.1) is 12.9 Å². The smallest absolute Gasteiger partial charge is 0.454 e. The Kier molecular flexibility index (Phi) is 35.3. The van der Waals surface area contributed by atoms with E-state index in [1.807, 2.05) is 42.7 Å². The number of carbonyl (C=O) groups is 2. The summed E-state index contributed by atoms with van der Waals surface area (Å²) >= 11 is 3.69. The lowest BCUT2D eigenvalue weighted by Gasteiger charge is -2.09. The summed E-state index contributed by atoms with van der Waals surface area (Å²) in [6.45, 7) is 7.46. The molecule has 1 fully saturated rings. The molecule has 0 amide bonds. The van der Waals surface area contributed by atoms with Gasteiger partial charge in [0.15, 0.2) is 0 Å². The van der Waals surface area contributed by atoms with Gasteiger partial charge in [-0.2, -0.15) is 36.7 Å². The van der Waals surface area contributed by atoms with Gasteiger partial charge in [0, 0.05) is 49.5 Å². The average Bonchev–Trinajstić information content (AvgIpc) is 3.29. The van der Waals surface area contributed by atoms with Crippen LogP contribution in [0.3, 0.4) is 0 Å². The molecule has 0 unspecified atom stereocenters. The number of carbonyl (C=O) groups excluding carboxylic acids is 1. The summed E-state index contributed by atoms with van der Waals surface area (Å²) in [5, 5.41) is 7.42. The lowest BCUT2D eigenvalue weighted by Crippen LogP contribution is -2.19. The maximum absolute atomic E-state index is 11.4. The molecule has 1 aromatic heterocycles. The average molecular weight is 589 g/mol. The van der Waals surface area contributed by atoms with E-state index in [1.165, 1.54) is 31.5 Å². The van der Waals surface area contributed by atoms with Crippen molar-refractivity contribution in [3.8, 4) is 0 Å². The first-order valence-corrected chi connectivity index (χ1v) is 13.7. The van der Waals surface area contributed by atoms with E-state index in [2.05, 4.69) is 45.5 Å². The highest BCUT2D eigenvalue weighted by Crippen LogP contribution is 2.16. The number of ketones is 1. The number of ether oxygens (including phenoxy) is 1. The maximum Gasteiger partial charge on any atom is 0.454 e. The van der Waals surface area contributed by atoms with Crippen molar-refractivity contribution in [2.24, 2.45) is 0 Å². The van der Waals surface area contributed by atoms with Gasteiger partial charge >= 0.3 is 6.18 Å². The van der Waals surface area contributed by atoms with Gasteiger partial charge in [0.1, 0.15) is 0 Å². The largest absolute Gasteiger partial charge is 0.501 e. The Morgan fingerprint density at radius 2 is 1.71 bits per heavy atom. The predicted octanol–water partition coefficient (Wildman–Crippen LogP) is 6.93. The van der Waals surface area contributed by atoms with Crippen LogP contribution in [0.25, 0.3) is 0 Å². The number of nitrogens with zero attached hydrogens (tertiary/aromatic N) is 2.